The first-order valence-electron chi connectivity index (χ1n) is 7.83. The van der Waals surface area contributed by atoms with E-state index >= 15 is 0 Å². The zero-order valence-electron chi connectivity index (χ0n) is 13.0. The van der Waals surface area contributed by atoms with Gasteiger partial charge in [-0.1, -0.05) is 18.2 Å². The SMILES string of the molecule is Cl.O=C1CC(C(=O)NCCN2CCNCC2)c2ccccc2N1. The maximum atomic E-state index is 12.4. The Kier molecular flexibility index (Phi) is 6.38. The number of piperazine rings is 1. The van der Waals surface area contributed by atoms with Crippen LogP contribution in [0.3, 0.4) is 0 Å². The number of carbonyl (C=O) groups excluding carboxylic acids is 2. The Morgan fingerprint density at radius 1 is 1.26 bits per heavy atom. The molecule has 1 atom stereocenters. The number of benzene rings is 1. The van der Waals surface area contributed by atoms with Gasteiger partial charge in [0, 0.05) is 51.4 Å². The summed E-state index contributed by atoms with van der Waals surface area (Å²) in [6.45, 7) is 5.52. The third-order valence-corrected chi connectivity index (χ3v) is 4.25. The van der Waals surface area contributed by atoms with Crippen molar-refractivity contribution in [3.8, 4) is 0 Å². The quantitative estimate of drug-likeness (QED) is 0.750. The van der Waals surface area contributed by atoms with Gasteiger partial charge < -0.3 is 16.0 Å². The molecule has 2 aliphatic rings. The van der Waals surface area contributed by atoms with Gasteiger partial charge in [-0.3, -0.25) is 14.5 Å². The fourth-order valence-electron chi connectivity index (χ4n) is 3.04. The molecule has 3 N–H and O–H groups in total. The van der Waals surface area contributed by atoms with Gasteiger partial charge in [-0.2, -0.15) is 0 Å². The maximum absolute atomic E-state index is 12.4. The van der Waals surface area contributed by atoms with Crippen molar-refractivity contribution in [2.24, 2.45) is 0 Å². The lowest BCUT2D eigenvalue weighted by Gasteiger charge is -2.28. The molecule has 1 unspecified atom stereocenters. The van der Waals surface area contributed by atoms with Crippen molar-refractivity contribution in [1.82, 2.24) is 15.5 Å². The van der Waals surface area contributed by atoms with Gasteiger partial charge in [0.2, 0.25) is 11.8 Å². The van der Waals surface area contributed by atoms with Gasteiger partial charge in [-0.15, -0.1) is 12.4 Å². The van der Waals surface area contributed by atoms with E-state index in [9.17, 15) is 9.59 Å². The largest absolute Gasteiger partial charge is 0.354 e. The van der Waals surface area contributed by atoms with Crippen LogP contribution in [0, 0.1) is 0 Å². The molecular formula is C16H23ClN4O2. The number of anilines is 1. The van der Waals surface area contributed by atoms with E-state index in [1.165, 1.54) is 0 Å². The number of fused-ring (bicyclic) bond motifs is 1. The second-order valence-corrected chi connectivity index (χ2v) is 5.77. The molecule has 0 radical (unpaired) electrons. The summed E-state index contributed by atoms with van der Waals surface area (Å²) < 4.78 is 0. The first kappa shape index (κ1) is 17.7. The van der Waals surface area contributed by atoms with Crippen molar-refractivity contribution in [2.75, 3.05) is 44.6 Å². The smallest absolute Gasteiger partial charge is 0.228 e. The maximum Gasteiger partial charge on any atom is 0.228 e. The van der Waals surface area contributed by atoms with Gasteiger partial charge in [-0.05, 0) is 11.6 Å². The number of halogens is 1. The number of hydrogen-bond acceptors (Lipinski definition) is 4. The summed E-state index contributed by atoms with van der Waals surface area (Å²) >= 11 is 0. The van der Waals surface area contributed by atoms with E-state index in [1.54, 1.807) is 0 Å². The third kappa shape index (κ3) is 4.43. The van der Waals surface area contributed by atoms with Crippen molar-refractivity contribution >= 4 is 29.9 Å². The first-order chi connectivity index (χ1) is 10.7. The highest BCUT2D eigenvalue weighted by Gasteiger charge is 2.30. The van der Waals surface area contributed by atoms with Gasteiger partial charge in [0.25, 0.3) is 0 Å². The number of rotatable bonds is 4. The van der Waals surface area contributed by atoms with E-state index in [4.69, 9.17) is 0 Å². The van der Waals surface area contributed by atoms with E-state index in [1.807, 2.05) is 24.3 Å². The minimum absolute atomic E-state index is 0. The normalized spacial score (nSPS) is 20.9. The second kappa shape index (κ2) is 8.29. The Hall–Kier alpha value is -1.63. The minimum atomic E-state index is -0.382. The fourth-order valence-corrected chi connectivity index (χ4v) is 3.04. The lowest BCUT2D eigenvalue weighted by Crippen LogP contribution is -2.46. The highest BCUT2D eigenvalue weighted by molar-refractivity contribution is 6.01. The number of amides is 2. The van der Waals surface area contributed by atoms with Gasteiger partial charge in [-0.25, -0.2) is 0 Å². The van der Waals surface area contributed by atoms with E-state index in [0.29, 0.717) is 6.54 Å². The molecule has 2 amide bonds. The van der Waals surface area contributed by atoms with E-state index in [0.717, 1.165) is 44.0 Å². The topological polar surface area (TPSA) is 73.5 Å². The van der Waals surface area contributed by atoms with Crippen LogP contribution < -0.4 is 16.0 Å². The summed E-state index contributed by atoms with van der Waals surface area (Å²) in [5, 5.41) is 9.11. The predicted octanol–water partition coefficient (Wildman–Crippen LogP) is 0.556. The highest BCUT2D eigenvalue weighted by Crippen LogP contribution is 2.31. The van der Waals surface area contributed by atoms with Crippen LogP contribution in [0.25, 0.3) is 0 Å². The van der Waals surface area contributed by atoms with Crippen LogP contribution in [0.5, 0.6) is 0 Å². The fraction of sp³-hybridized carbons (Fsp3) is 0.500. The van der Waals surface area contributed by atoms with Crippen LogP contribution in [0.15, 0.2) is 24.3 Å². The van der Waals surface area contributed by atoms with Gasteiger partial charge in [0.15, 0.2) is 0 Å². The monoisotopic (exact) mass is 338 g/mol. The van der Waals surface area contributed by atoms with Crippen LogP contribution in [0.4, 0.5) is 5.69 Å². The van der Waals surface area contributed by atoms with Crippen molar-refractivity contribution < 1.29 is 9.59 Å². The summed E-state index contributed by atoms with van der Waals surface area (Å²) in [7, 11) is 0. The Labute approximate surface area is 142 Å². The summed E-state index contributed by atoms with van der Waals surface area (Å²) in [6.07, 6.45) is 0.219. The summed E-state index contributed by atoms with van der Waals surface area (Å²) in [5.74, 6) is -0.536. The molecule has 0 spiro atoms. The highest BCUT2D eigenvalue weighted by atomic mass is 35.5. The van der Waals surface area contributed by atoms with Crippen molar-refractivity contribution in [1.29, 1.82) is 0 Å². The Morgan fingerprint density at radius 2 is 2.00 bits per heavy atom. The lowest BCUT2D eigenvalue weighted by molar-refractivity contribution is -0.126. The van der Waals surface area contributed by atoms with E-state index in [2.05, 4.69) is 20.9 Å². The summed E-state index contributed by atoms with van der Waals surface area (Å²) in [4.78, 5) is 26.5. The van der Waals surface area contributed by atoms with Gasteiger partial charge in [0.05, 0.1) is 5.92 Å². The van der Waals surface area contributed by atoms with Crippen molar-refractivity contribution in [3.05, 3.63) is 29.8 Å². The van der Waals surface area contributed by atoms with Crippen LogP contribution >= 0.6 is 12.4 Å². The first-order valence-corrected chi connectivity index (χ1v) is 7.83. The second-order valence-electron chi connectivity index (χ2n) is 5.77. The molecule has 7 heteroatoms. The zero-order chi connectivity index (χ0) is 15.4. The number of nitrogens with zero attached hydrogens (tertiary/aromatic N) is 1. The summed E-state index contributed by atoms with van der Waals surface area (Å²) in [6, 6.07) is 7.52. The molecule has 2 aliphatic heterocycles. The van der Waals surface area contributed by atoms with Crippen LogP contribution in [0.2, 0.25) is 0 Å². The number of nitrogens with one attached hydrogen (secondary N) is 3. The molecule has 23 heavy (non-hydrogen) atoms. The lowest BCUT2D eigenvalue weighted by atomic mass is 9.90. The van der Waals surface area contributed by atoms with Gasteiger partial charge >= 0.3 is 0 Å². The molecule has 3 rings (SSSR count). The molecular weight excluding hydrogens is 316 g/mol. The molecule has 1 aromatic carbocycles. The molecule has 1 fully saturated rings. The Bertz CT molecular complexity index is 561. The van der Waals surface area contributed by atoms with Crippen molar-refractivity contribution in [3.63, 3.8) is 0 Å². The molecule has 126 valence electrons. The number of para-hydroxylation sites is 1. The average Bonchev–Trinajstić information content (AvgIpc) is 2.55. The van der Waals surface area contributed by atoms with Crippen LogP contribution in [0.1, 0.15) is 17.9 Å². The van der Waals surface area contributed by atoms with Crippen molar-refractivity contribution in [2.45, 2.75) is 12.3 Å². The molecule has 0 bridgehead atoms. The minimum Gasteiger partial charge on any atom is -0.354 e. The third-order valence-electron chi connectivity index (χ3n) is 4.25. The number of carbonyl (C=O) groups is 2. The number of hydrogen-bond donors (Lipinski definition) is 3. The Morgan fingerprint density at radius 3 is 2.78 bits per heavy atom. The summed E-state index contributed by atoms with van der Waals surface area (Å²) in [5.41, 5.74) is 1.66. The molecule has 1 aromatic rings. The van der Waals surface area contributed by atoms with Crippen LogP contribution in [-0.4, -0.2) is 56.0 Å². The predicted molar refractivity (Wildman–Crippen MR) is 92.0 cm³/mol. The molecule has 0 aromatic heterocycles. The molecule has 2 heterocycles. The molecule has 0 saturated carbocycles. The molecule has 0 aliphatic carbocycles. The Balaban J connectivity index is 0.00000192. The molecule has 6 nitrogen and oxygen atoms in total. The average molecular weight is 339 g/mol. The zero-order valence-corrected chi connectivity index (χ0v) is 13.8. The standard InChI is InChI=1S/C16H22N4O2.ClH/c21-15-11-13(12-3-1-2-4-14(12)19-15)16(22)18-7-10-20-8-5-17-6-9-20;/h1-4,13,17H,5-11H2,(H,18,22)(H,19,21);1H. The van der Waals surface area contributed by atoms with E-state index in [-0.39, 0.29) is 36.6 Å². The van der Waals surface area contributed by atoms with E-state index < -0.39 is 0 Å². The molecule has 1 saturated heterocycles. The van der Waals surface area contributed by atoms with Crippen LogP contribution in [-0.2, 0) is 9.59 Å². The van der Waals surface area contributed by atoms with Gasteiger partial charge in [0.1, 0.15) is 0 Å².